The molecule has 0 aliphatic carbocycles. The van der Waals surface area contributed by atoms with Gasteiger partial charge in [-0.3, -0.25) is 0 Å². The van der Waals surface area contributed by atoms with Crippen LogP contribution in [0.4, 0.5) is 0 Å². The van der Waals surface area contributed by atoms with Crippen molar-refractivity contribution in [3.63, 3.8) is 0 Å². The first-order valence-electron chi connectivity index (χ1n) is 3.36. The van der Waals surface area contributed by atoms with E-state index in [2.05, 4.69) is 0 Å². The Morgan fingerprint density at radius 1 is 1.73 bits per heavy atom. The van der Waals surface area contributed by atoms with E-state index < -0.39 is 0 Å². The molecule has 1 aromatic rings. The van der Waals surface area contributed by atoms with Gasteiger partial charge in [0.2, 0.25) is 0 Å². The molecule has 0 N–H and O–H groups in total. The summed E-state index contributed by atoms with van der Waals surface area (Å²) in [6.45, 7) is 3.81. The molecule has 1 aromatic heterocycles. The van der Waals surface area contributed by atoms with Gasteiger partial charge in [0.1, 0.15) is 5.76 Å². The van der Waals surface area contributed by atoms with Crippen LogP contribution in [-0.4, -0.2) is 0 Å². The predicted molar refractivity (Wildman–Crippen MR) is 42.7 cm³/mol. The first-order chi connectivity index (χ1) is 5.25. The lowest BCUT2D eigenvalue weighted by Gasteiger charge is -1.93. The minimum absolute atomic E-state index is 0.798. The van der Waals surface area contributed by atoms with E-state index in [4.69, 9.17) is 9.68 Å². The minimum Gasteiger partial charge on any atom is -0.464 e. The minimum atomic E-state index is 0.798. The van der Waals surface area contributed by atoms with E-state index in [-0.39, 0.29) is 0 Å². The number of hydrogen-bond acceptors (Lipinski definition) is 2. The van der Waals surface area contributed by atoms with Crippen LogP contribution in [0.2, 0.25) is 0 Å². The molecule has 0 spiro atoms. The number of hydrogen-bond donors (Lipinski definition) is 0. The van der Waals surface area contributed by atoms with E-state index in [0.29, 0.717) is 0 Å². The fourth-order valence-electron chi connectivity index (χ4n) is 0.939. The zero-order valence-electron chi connectivity index (χ0n) is 6.59. The Kier molecular flexibility index (Phi) is 2.12. The molecule has 1 heterocycles. The molecule has 0 atom stereocenters. The van der Waals surface area contributed by atoms with E-state index in [0.717, 1.165) is 16.9 Å². The Labute approximate surface area is 65.8 Å². The SMILES string of the molecule is C/C(=C\C#N)c1occc1C. The Morgan fingerprint density at radius 2 is 2.45 bits per heavy atom. The van der Waals surface area contributed by atoms with Gasteiger partial charge in [-0.1, -0.05) is 0 Å². The van der Waals surface area contributed by atoms with Gasteiger partial charge in [-0.25, -0.2) is 0 Å². The maximum absolute atomic E-state index is 8.36. The predicted octanol–water partition coefficient (Wildman–Crippen LogP) is 2.51. The molecule has 11 heavy (non-hydrogen) atoms. The second-order valence-corrected chi connectivity index (χ2v) is 2.39. The highest BCUT2D eigenvalue weighted by Crippen LogP contribution is 2.18. The van der Waals surface area contributed by atoms with Crippen LogP contribution in [0.15, 0.2) is 22.8 Å². The molecule has 2 heteroatoms. The quantitative estimate of drug-likeness (QED) is 0.572. The number of allylic oxidation sites excluding steroid dienone is 2. The number of aryl methyl sites for hydroxylation is 1. The third-order valence-electron chi connectivity index (χ3n) is 1.50. The number of furan rings is 1. The second kappa shape index (κ2) is 3.07. The van der Waals surface area contributed by atoms with Crippen LogP contribution < -0.4 is 0 Å². The Balaban J connectivity index is 3.04. The summed E-state index contributed by atoms with van der Waals surface area (Å²) in [5.74, 6) is 0.798. The van der Waals surface area contributed by atoms with Crippen LogP contribution >= 0.6 is 0 Å². The zero-order chi connectivity index (χ0) is 8.27. The second-order valence-electron chi connectivity index (χ2n) is 2.39. The van der Waals surface area contributed by atoms with Crippen LogP contribution in [0.3, 0.4) is 0 Å². The summed E-state index contributed by atoms with van der Waals surface area (Å²) in [5, 5.41) is 8.36. The molecular weight excluding hydrogens is 138 g/mol. The van der Waals surface area contributed by atoms with Gasteiger partial charge in [0, 0.05) is 11.6 Å². The Hall–Kier alpha value is -1.49. The van der Waals surface area contributed by atoms with Gasteiger partial charge in [0.15, 0.2) is 0 Å². The summed E-state index contributed by atoms with van der Waals surface area (Å²) >= 11 is 0. The highest BCUT2D eigenvalue weighted by Gasteiger charge is 2.02. The van der Waals surface area contributed by atoms with Crippen molar-refractivity contribution in [2.45, 2.75) is 13.8 Å². The highest BCUT2D eigenvalue weighted by molar-refractivity contribution is 5.63. The molecule has 0 amide bonds. The van der Waals surface area contributed by atoms with Crippen LogP contribution in [0.25, 0.3) is 5.57 Å². The van der Waals surface area contributed by atoms with Crippen LogP contribution in [0, 0.1) is 18.3 Å². The number of nitrogens with zero attached hydrogens (tertiary/aromatic N) is 1. The van der Waals surface area contributed by atoms with Crippen molar-refractivity contribution >= 4 is 5.57 Å². The first-order valence-corrected chi connectivity index (χ1v) is 3.36. The largest absolute Gasteiger partial charge is 0.464 e. The van der Waals surface area contributed by atoms with Gasteiger partial charge in [-0.15, -0.1) is 0 Å². The summed E-state index contributed by atoms with van der Waals surface area (Å²) < 4.78 is 5.16. The molecule has 0 aliphatic heterocycles. The van der Waals surface area contributed by atoms with Crippen LogP contribution in [0.5, 0.6) is 0 Å². The molecule has 0 saturated heterocycles. The van der Waals surface area contributed by atoms with E-state index in [1.807, 2.05) is 26.0 Å². The smallest absolute Gasteiger partial charge is 0.133 e. The molecule has 2 nitrogen and oxygen atoms in total. The maximum atomic E-state index is 8.36. The van der Waals surface area contributed by atoms with Crippen molar-refractivity contribution < 1.29 is 4.42 Å². The third kappa shape index (κ3) is 1.50. The van der Waals surface area contributed by atoms with Gasteiger partial charge >= 0.3 is 0 Å². The Morgan fingerprint density at radius 3 is 2.91 bits per heavy atom. The van der Waals surface area contributed by atoms with E-state index >= 15 is 0 Å². The fraction of sp³-hybridized carbons (Fsp3) is 0.222. The van der Waals surface area contributed by atoms with Gasteiger partial charge in [0.05, 0.1) is 12.3 Å². The first kappa shape index (κ1) is 7.62. The van der Waals surface area contributed by atoms with Crippen molar-refractivity contribution in [2.75, 3.05) is 0 Å². The maximum Gasteiger partial charge on any atom is 0.133 e. The van der Waals surface area contributed by atoms with E-state index in [9.17, 15) is 0 Å². The van der Waals surface area contributed by atoms with Crippen molar-refractivity contribution in [3.8, 4) is 6.07 Å². The standard InChI is InChI=1S/C9H9NO/c1-7(3-5-10)9-8(2)4-6-11-9/h3-4,6H,1-2H3/b7-3+. The third-order valence-corrected chi connectivity index (χ3v) is 1.50. The van der Waals surface area contributed by atoms with Crippen molar-refractivity contribution in [1.82, 2.24) is 0 Å². The molecule has 0 aliphatic rings. The average molecular weight is 147 g/mol. The van der Waals surface area contributed by atoms with E-state index in [1.54, 1.807) is 6.26 Å². The molecule has 0 unspecified atom stereocenters. The van der Waals surface area contributed by atoms with Crippen molar-refractivity contribution in [1.29, 1.82) is 5.26 Å². The molecule has 0 bridgehead atoms. The zero-order valence-corrected chi connectivity index (χ0v) is 6.59. The van der Waals surface area contributed by atoms with Crippen LogP contribution in [-0.2, 0) is 0 Å². The summed E-state index contributed by atoms with van der Waals surface area (Å²) in [6.07, 6.45) is 3.10. The summed E-state index contributed by atoms with van der Waals surface area (Å²) in [4.78, 5) is 0. The van der Waals surface area contributed by atoms with Gasteiger partial charge in [-0.2, -0.15) is 5.26 Å². The molecular formula is C9H9NO. The van der Waals surface area contributed by atoms with Gasteiger partial charge in [-0.05, 0) is 25.5 Å². The lowest BCUT2D eigenvalue weighted by Crippen LogP contribution is -1.76. The van der Waals surface area contributed by atoms with E-state index in [1.165, 1.54) is 6.08 Å². The number of nitriles is 1. The molecule has 1 rings (SSSR count). The molecule has 0 aromatic carbocycles. The summed E-state index contributed by atoms with van der Waals surface area (Å²) in [5.41, 5.74) is 1.93. The lowest BCUT2D eigenvalue weighted by molar-refractivity contribution is 0.550. The van der Waals surface area contributed by atoms with Gasteiger partial charge in [0.25, 0.3) is 0 Å². The Bertz CT molecular complexity index is 315. The fourth-order valence-corrected chi connectivity index (χ4v) is 0.939. The molecule has 56 valence electrons. The van der Waals surface area contributed by atoms with Crippen molar-refractivity contribution in [2.24, 2.45) is 0 Å². The average Bonchev–Trinajstić information content (AvgIpc) is 2.36. The van der Waals surface area contributed by atoms with Crippen molar-refractivity contribution in [3.05, 3.63) is 29.7 Å². The monoisotopic (exact) mass is 147 g/mol. The topological polar surface area (TPSA) is 36.9 Å². The molecule has 0 radical (unpaired) electrons. The molecule has 0 saturated carbocycles. The van der Waals surface area contributed by atoms with Crippen LogP contribution in [0.1, 0.15) is 18.2 Å². The lowest BCUT2D eigenvalue weighted by atomic mass is 10.1. The molecule has 0 fully saturated rings. The summed E-state index contributed by atoms with van der Waals surface area (Å²) in [6, 6.07) is 3.84. The number of rotatable bonds is 1. The van der Waals surface area contributed by atoms with Gasteiger partial charge < -0.3 is 4.42 Å². The summed E-state index contributed by atoms with van der Waals surface area (Å²) in [7, 11) is 0. The highest BCUT2D eigenvalue weighted by atomic mass is 16.3. The normalized spacial score (nSPS) is 11.2.